The van der Waals surface area contributed by atoms with Gasteiger partial charge in [-0.1, -0.05) is 12.1 Å². The first-order valence-electron chi connectivity index (χ1n) is 11.4. The molecule has 0 radical (unpaired) electrons. The van der Waals surface area contributed by atoms with Crippen LogP contribution in [0.5, 0.6) is 5.75 Å². The quantitative estimate of drug-likeness (QED) is 0.688. The van der Waals surface area contributed by atoms with E-state index in [-0.39, 0.29) is 6.10 Å². The molecular weight excluding hydrogens is 364 g/mol. The molecule has 5 heteroatoms. The lowest BCUT2D eigenvalue weighted by molar-refractivity contribution is -0.136. The molecule has 1 aromatic carbocycles. The summed E-state index contributed by atoms with van der Waals surface area (Å²) in [5.74, 6) is 1.85. The first kappa shape index (κ1) is 20.7. The lowest BCUT2D eigenvalue weighted by Gasteiger charge is -2.38. The third-order valence-electron chi connectivity index (χ3n) is 7.01. The lowest BCUT2D eigenvalue weighted by atomic mass is 9.91. The summed E-state index contributed by atoms with van der Waals surface area (Å²) in [7, 11) is 1.69. The van der Waals surface area contributed by atoms with Gasteiger partial charge in [-0.2, -0.15) is 0 Å². The lowest BCUT2D eigenvalue weighted by Crippen LogP contribution is -2.49. The first-order chi connectivity index (χ1) is 14.0. The maximum absolute atomic E-state index is 13.4. The van der Waals surface area contributed by atoms with Crippen molar-refractivity contribution in [3.63, 3.8) is 0 Å². The van der Waals surface area contributed by atoms with Gasteiger partial charge in [-0.05, 0) is 81.9 Å². The molecule has 3 aliphatic rings. The molecule has 160 valence electrons. The van der Waals surface area contributed by atoms with Crippen LogP contribution in [0, 0.1) is 5.92 Å². The van der Waals surface area contributed by atoms with E-state index in [1.807, 2.05) is 12.1 Å². The number of nitrogens with zero attached hydrogens (tertiary/aromatic N) is 2. The summed E-state index contributed by atoms with van der Waals surface area (Å²) < 4.78 is 5.39. The largest absolute Gasteiger partial charge is 0.497 e. The third-order valence-corrected chi connectivity index (χ3v) is 7.01. The Hall–Kier alpha value is -1.59. The molecule has 3 saturated carbocycles. The number of hydrogen-bond acceptors (Lipinski definition) is 4. The Kier molecular flexibility index (Phi) is 6.45. The van der Waals surface area contributed by atoms with E-state index in [1.54, 1.807) is 7.11 Å². The van der Waals surface area contributed by atoms with Gasteiger partial charge in [-0.3, -0.25) is 9.69 Å². The van der Waals surface area contributed by atoms with Crippen molar-refractivity contribution in [3.8, 4) is 5.75 Å². The third kappa shape index (κ3) is 5.32. The first-order valence-corrected chi connectivity index (χ1v) is 11.4. The topological polar surface area (TPSA) is 53.0 Å². The van der Waals surface area contributed by atoms with Crippen molar-refractivity contribution in [2.45, 2.75) is 89.1 Å². The predicted octanol–water partition coefficient (Wildman–Crippen LogP) is 3.59. The fraction of sp³-hybridized carbons (Fsp3) is 0.708. The van der Waals surface area contributed by atoms with Crippen molar-refractivity contribution in [1.29, 1.82) is 0 Å². The fourth-order valence-electron chi connectivity index (χ4n) is 4.92. The highest BCUT2D eigenvalue weighted by Crippen LogP contribution is 2.40. The standard InChI is InChI=1S/C24H36N2O3/c1-17(19-6-7-19)26(21-8-9-21)24(28)16-25(20-10-12-22(27)13-11-20)15-18-4-3-5-23(14-18)29-2/h3-5,14,17,19-22,27H,6-13,15-16H2,1-2H3. The van der Waals surface area contributed by atoms with Crippen LogP contribution in [0.4, 0.5) is 0 Å². The highest BCUT2D eigenvalue weighted by Gasteiger charge is 2.42. The smallest absolute Gasteiger partial charge is 0.237 e. The van der Waals surface area contributed by atoms with Crippen LogP contribution in [0.1, 0.15) is 63.9 Å². The van der Waals surface area contributed by atoms with Crippen molar-refractivity contribution in [2.75, 3.05) is 13.7 Å². The monoisotopic (exact) mass is 400 g/mol. The molecule has 0 aliphatic heterocycles. The van der Waals surface area contributed by atoms with Gasteiger partial charge in [0.1, 0.15) is 5.75 Å². The molecule has 3 aliphatic carbocycles. The van der Waals surface area contributed by atoms with Gasteiger partial charge in [0.05, 0.1) is 19.8 Å². The molecular formula is C24H36N2O3. The predicted molar refractivity (Wildman–Crippen MR) is 114 cm³/mol. The number of amides is 1. The zero-order valence-electron chi connectivity index (χ0n) is 17.9. The van der Waals surface area contributed by atoms with Gasteiger partial charge in [0, 0.05) is 24.7 Å². The highest BCUT2D eigenvalue weighted by atomic mass is 16.5. The van der Waals surface area contributed by atoms with E-state index in [1.165, 1.54) is 18.4 Å². The Morgan fingerprint density at radius 1 is 1.10 bits per heavy atom. The summed E-state index contributed by atoms with van der Waals surface area (Å²) in [5.41, 5.74) is 1.18. The Morgan fingerprint density at radius 3 is 2.41 bits per heavy atom. The second kappa shape index (κ2) is 9.05. The minimum Gasteiger partial charge on any atom is -0.497 e. The van der Waals surface area contributed by atoms with Crippen molar-refractivity contribution in [3.05, 3.63) is 29.8 Å². The zero-order chi connectivity index (χ0) is 20.4. The molecule has 4 rings (SSSR count). The van der Waals surface area contributed by atoms with E-state index in [2.05, 4.69) is 28.9 Å². The summed E-state index contributed by atoms with van der Waals surface area (Å²) in [5, 5.41) is 9.95. The second-order valence-corrected chi connectivity index (χ2v) is 9.33. The van der Waals surface area contributed by atoms with Crippen LogP contribution in [-0.2, 0) is 11.3 Å². The minimum absolute atomic E-state index is 0.182. The molecule has 3 fully saturated rings. The molecule has 1 aromatic rings. The van der Waals surface area contributed by atoms with Crippen LogP contribution in [0.15, 0.2) is 24.3 Å². The number of carbonyl (C=O) groups is 1. The van der Waals surface area contributed by atoms with E-state index in [9.17, 15) is 9.90 Å². The second-order valence-electron chi connectivity index (χ2n) is 9.33. The number of hydrogen-bond donors (Lipinski definition) is 1. The SMILES string of the molecule is COc1cccc(CN(CC(=O)N(C2CC2)C(C)C2CC2)C2CCC(O)CC2)c1. The average Bonchev–Trinajstić information content (AvgIpc) is 3.62. The number of ether oxygens (including phenoxy) is 1. The van der Waals surface area contributed by atoms with Gasteiger partial charge in [0.25, 0.3) is 0 Å². The fourth-order valence-corrected chi connectivity index (χ4v) is 4.92. The number of aliphatic hydroxyl groups excluding tert-OH is 1. The Labute approximate surface area is 175 Å². The Bertz CT molecular complexity index is 693. The summed E-state index contributed by atoms with van der Waals surface area (Å²) in [6.07, 6.45) is 8.26. The maximum Gasteiger partial charge on any atom is 0.237 e. The molecule has 1 amide bonds. The van der Waals surface area contributed by atoms with Crippen LogP contribution in [0.25, 0.3) is 0 Å². The molecule has 29 heavy (non-hydrogen) atoms. The van der Waals surface area contributed by atoms with Crippen molar-refractivity contribution < 1.29 is 14.6 Å². The summed E-state index contributed by atoms with van der Waals surface area (Å²) >= 11 is 0. The molecule has 0 saturated heterocycles. The van der Waals surface area contributed by atoms with E-state index >= 15 is 0 Å². The van der Waals surface area contributed by atoms with Crippen molar-refractivity contribution in [2.24, 2.45) is 5.92 Å². The van der Waals surface area contributed by atoms with Crippen LogP contribution in [0.3, 0.4) is 0 Å². The van der Waals surface area contributed by atoms with Crippen LogP contribution in [-0.4, -0.2) is 58.7 Å². The molecule has 0 aromatic heterocycles. The molecule has 1 unspecified atom stereocenters. The van der Waals surface area contributed by atoms with Gasteiger partial charge in [-0.15, -0.1) is 0 Å². The number of rotatable bonds is 9. The van der Waals surface area contributed by atoms with Crippen LogP contribution in [0.2, 0.25) is 0 Å². The van der Waals surface area contributed by atoms with E-state index in [0.29, 0.717) is 36.5 Å². The summed E-state index contributed by atoms with van der Waals surface area (Å²) in [6.45, 7) is 3.48. The number of aliphatic hydroxyl groups is 1. The van der Waals surface area contributed by atoms with Gasteiger partial charge in [0.2, 0.25) is 5.91 Å². The molecule has 1 atom stereocenters. The highest BCUT2D eigenvalue weighted by molar-refractivity contribution is 5.79. The minimum atomic E-state index is -0.182. The van der Waals surface area contributed by atoms with Crippen molar-refractivity contribution >= 4 is 5.91 Å². The normalized spacial score (nSPS) is 25.7. The van der Waals surface area contributed by atoms with Crippen LogP contribution >= 0.6 is 0 Å². The van der Waals surface area contributed by atoms with Gasteiger partial charge in [-0.25, -0.2) is 0 Å². The van der Waals surface area contributed by atoms with Crippen molar-refractivity contribution in [1.82, 2.24) is 9.80 Å². The molecule has 0 bridgehead atoms. The number of methoxy groups -OCH3 is 1. The summed E-state index contributed by atoms with van der Waals surface area (Å²) in [4.78, 5) is 18.0. The van der Waals surface area contributed by atoms with Gasteiger partial charge in [0.15, 0.2) is 0 Å². The Morgan fingerprint density at radius 2 is 1.79 bits per heavy atom. The summed E-state index contributed by atoms with van der Waals surface area (Å²) in [6, 6.07) is 9.36. The Balaban J connectivity index is 1.48. The molecule has 0 spiro atoms. The molecule has 1 N–H and O–H groups in total. The molecule has 5 nitrogen and oxygen atoms in total. The van der Waals surface area contributed by atoms with E-state index in [0.717, 1.165) is 50.8 Å². The number of carbonyl (C=O) groups excluding carboxylic acids is 1. The van der Waals surface area contributed by atoms with Gasteiger partial charge >= 0.3 is 0 Å². The zero-order valence-corrected chi connectivity index (χ0v) is 17.9. The van der Waals surface area contributed by atoms with Crippen LogP contribution < -0.4 is 4.74 Å². The van der Waals surface area contributed by atoms with Gasteiger partial charge < -0.3 is 14.7 Å². The average molecular weight is 401 g/mol. The van der Waals surface area contributed by atoms with E-state index < -0.39 is 0 Å². The maximum atomic E-state index is 13.4. The van der Waals surface area contributed by atoms with E-state index in [4.69, 9.17) is 4.74 Å². The molecule has 0 heterocycles. The number of benzene rings is 1.